The van der Waals surface area contributed by atoms with Crippen LogP contribution in [-0.2, 0) is 10.8 Å². The zero-order chi connectivity index (χ0) is 13.8. The van der Waals surface area contributed by atoms with Crippen LogP contribution in [0.4, 0.5) is 0 Å². The van der Waals surface area contributed by atoms with Crippen molar-refractivity contribution in [1.82, 2.24) is 5.32 Å². The maximum Gasteiger partial charge on any atom is 0.0783 e. The highest BCUT2D eigenvalue weighted by atomic mass is 32.2. The van der Waals surface area contributed by atoms with Crippen molar-refractivity contribution in [2.75, 3.05) is 12.3 Å². The van der Waals surface area contributed by atoms with Crippen LogP contribution in [-0.4, -0.2) is 33.3 Å². The van der Waals surface area contributed by atoms with E-state index >= 15 is 0 Å². The van der Waals surface area contributed by atoms with Crippen molar-refractivity contribution >= 4 is 10.8 Å². The predicted octanol–water partition coefficient (Wildman–Crippen LogP) is 1.85. The van der Waals surface area contributed by atoms with E-state index < -0.39 is 16.9 Å². The molecule has 1 rings (SSSR count). The first-order valence-electron chi connectivity index (χ1n) is 6.17. The fourth-order valence-electron chi connectivity index (χ4n) is 1.56. The largest absolute Gasteiger partial charge is 0.391 e. The van der Waals surface area contributed by atoms with E-state index in [0.29, 0.717) is 6.54 Å². The average molecular weight is 269 g/mol. The van der Waals surface area contributed by atoms with Crippen LogP contribution < -0.4 is 5.32 Å². The molecule has 0 aromatic heterocycles. The van der Waals surface area contributed by atoms with Gasteiger partial charge in [-0.15, -0.1) is 0 Å². The van der Waals surface area contributed by atoms with Crippen molar-refractivity contribution in [1.29, 1.82) is 0 Å². The van der Waals surface area contributed by atoms with E-state index in [-0.39, 0.29) is 11.3 Å². The van der Waals surface area contributed by atoms with E-state index in [9.17, 15) is 9.32 Å². The van der Waals surface area contributed by atoms with Crippen molar-refractivity contribution in [3.63, 3.8) is 0 Å². The Morgan fingerprint density at radius 1 is 1.33 bits per heavy atom. The second kappa shape index (κ2) is 6.45. The van der Waals surface area contributed by atoms with Crippen molar-refractivity contribution < 1.29 is 9.32 Å². The number of rotatable bonds is 5. The van der Waals surface area contributed by atoms with Crippen molar-refractivity contribution in [3.05, 3.63) is 29.8 Å². The summed E-state index contributed by atoms with van der Waals surface area (Å²) in [6.45, 7) is 8.52. The summed E-state index contributed by atoms with van der Waals surface area (Å²) in [5.41, 5.74) is 0.970. The van der Waals surface area contributed by atoms with Gasteiger partial charge in [-0.3, -0.25) is 4.21 Å². The minimum Gasteiger partial charge on any atom is -0.391 e. The fraction of sp³-hybridized carbons (Fsp3) is 0.571. The molecule has 0 aliphatic carbocycles. The topological polar surface area (TPSA) is 49.3 Å². The lowest BCUT2D eigenvalue weighted by molar-refractivity contribution is 0.182. The zero-order valence-electron chi connectivity index (χ0n) is 11.6. The SMILES string of the molecule is Cc1ccccc1S(=O)CC(O)CNC(C)(C)C. The highest BCUT2D eigenvalue weighted by Crippen LogP contribution is 2.13. The summed E-state index contributed by atoms with van der Waals surface area (Å²) in [5, 5.41) is 13.1. The van der Waals surface area contributed by atoms with Gasteiger partial charge in [0, 0.05) is 17.0 Å². The third-order valence-electron chi connectivity index (χ3n) is 2.55. The van der Waals surface area contributed by atoms with E-state index in [4.69, 9.17) is 0 Å². The summed E-state index contributed by atoms with van der Waals surface area (Å²) in [4.78, 5) is 0.812. The van der Waals surface area contributed by atoms with Crippen LogP contribution in [0.3, 0.4) is 0 Å². The quantitative estimate of drug-likeness (QED) is 0.857. The summed E-state index contributed by atoms with van der Waals surface area (Å²) >= 11 is 0. The van der Waals surface area contributed by atoms with Crippen LogP contribution in [0.15, 0.2) is 29.2 Å². The molecule has 0 radical (unpaired) electrons. The van der Waals surface area contributed by atoms with Crippen LogP contribution in [0.5, 0.6) is 0 Å². The Hall–Kier alpha value is -0.710. The molecule has 0 heterocycles. The average Bonchev–Trinajstić information content (AvgIpc) is 2.26. The summed E-state index contributed by atoms with van der Waals surface area (Å²) < 4.78 is 12.1. The monoisotopic (exact) mass is 269 g/mol. The second-order valence-corrected chi connectivity index (χ2v) is 7.03. The number of nitrogens with one attached hydrogen (secondary N) is 1. The second-order valence-electron chi connectivity index (χ2n) is 5.56. The molecule has 18 heavy (non-hydrogen) atoms. The van der Waals surface area contributed by atoms with Crippen LogP contribution >= 0.6 is 0 Å². The third kappa shape index (κ3) is 5.29. The van der Waals surface area contributed by atoms with Gasteiger partial charge in [0.25, 0.3) is 0 Å². The van der Waals surface area contributed by atoms with Gasteiger partial charge in [-0.05, 0) is 39.3 Å². The summed E-state index contributed by atoms with van der Waals surface area (Å²) in [6, 6.07) is 7.59. The highest BCUT2D eigenvalue weighted by Gasteiger charge is 2.16. The van der Waals surface area contributed by atoms with Crippen LogP contribution in [0.2, 0.25) is 0 Å². The summed E-state index contributed by atoms with van der Waals surface area (Å²) in [6.07, 6.45) is -0.593. The molecular formula is C14H23NO2S. The van der Waals surface area contributed by atoms with Crippen LogP contribution in [0.25, 0.3) is 0 Å². The van der Waals surface area contributed by atoms with Crippen LogP contribution in [0, 0.1) is 6.92 Å². The van der Waals surface area contributed by atoms with Crippen molar-refractivity contribution in [2.24, 2.45) is 0 Å². The first kappa shape index (κ1) is 15.3. The number of β-amino-alcohol motifs (C(OH)–C–C–N with tert-alkyl or cyclic N) is 1. The van der Waals surface area contributed by atoms with Crippen molar-refractivity contribution in [2.45, 2.75) is 44.2 Å². The standard InChI is InChI=1S/C14H23NO2S/c1-11-7-5-6-8-13(11)18(17)10-12(16)9-15-14(2,3)4/h5-8,12,15-16H,9-10H2,1-4H3. The van der Waals surface area contributed by atoms with Gasteiger partial charge in [0.05, 0.1) is 22.7 Å². The van der Waals surface area contributed by atoms with E-state index in [0.717, 1.165) is 10.5 Å². The lowest BCUT2D eigenvalue weighted by Crippen LogP contribution is -2.42. The third-order valence-corrected chi connectivity index (χ3v) is 4.19. The van der Waals surface area contributed by atoms with Crippen LogP contribution in [0.1, 0.15) is 26.3 Å². The molecule has 102 valence electrons. The molecular weight excluding hydrogens is 246 g/mol. The van der Waals surface area contributed by atoms with E-state index in [1.807, 2.05) is 52.0 Å². The van der Waals surface area contributed by atoms with E-state index in [1.54, 1.807) is 0 Å². The molecule has 3 nitrogen and oxygen atoms in total. The number of aliphatic hydroxyl groups excluding tert-OH is 1. The number of aliphatic hydroxyl groups is 1. The molecule has 2 unspecified atom stereocenters. The van der Waals surface area contributed by atoms with E-state index in [2.05, 4.69) is 5.32 Å². The summed E-state index contributed by atoms with van der Waals surface area (Å²) in [5.74, 6) is 0.272. The Bertz CT molecular complexity index is 413. The molecule has 2 atom stereocenters. The molecule has 0 aliphatic rings. The molecule has 0 saturated carbocycles. The Morgan fingerprint density at radius 3 is 2.50 bits per heavy atom. The molecule has 2 N–H and O–H groups in total. The normalized spacial score (nSPS) is 15.4. The molecule has 1 aromatic rings. The minimum absolute atomic E-state index is 0.0366. The Morgan fingerprint density at radius 2 is 1.94 bits per heavy atom. The zero-order valence-corrected chi connectivity index (χ0v) is 12.4. The Labute approximate surface area is 112 Å². The molecule has 0 amide bonds. The Kier molecular flexibility index (Phi) is 5.50. The number of hydrogen-bond acceptors (Lipinski definition) is 3. The van der Waals surface area contributed by atoms with Gasteiger partial charge in [0.2, 0.25) is 0 Å². The minimum atomic E-state index is -1.14. The van der Waals surface area contributed by atoms with Gasteiger partial charge in [0.15, 0.2) is 0 Å². The van der Waals surface area contributed by atoms with Crippen molar-refractivity contribution in [3.8, 4) is 0 Å². The number of hydrogen-bond donors (Lipinski definition) is 2. The van der Waals surface area contributed by atoms with Gasteiger partial charge in [-0.25, -0.2) is 0 Å². The first-order chi connectivity index (χ1) is 8.29. The molecule has 0 spiro atoms. The number of benzene rings is 1. The van der Waals surface area contributed by atoms with Gasteiger partial charge in [-0.1, -0.05) is 18.2 Å². The number of aryl methyl sites for hydroxylation is 1. The molecule has 0 fully saturated rings. The fourth-order valence-corrected chi connectivity index (χ4v) is 2.86. The molecule has 0 aliphatic heterocycles. The van der Waals surface area contributed by atoms with Gasteiger partial charge < -0.3 is 10.4 Å². The highest BCUT2D eigenvalue weighted by molar-refractivity contribution is 7.85. The molecule has 4 heteroatoms. The molecule has 1 aromatic carbocycles. The van der Waals surface area contributed by atoms with Gasteiger partial charge >= 0.3 is 0 Å². The van der Waals surface area contributed by atoms with Gasteiger partial charge in [-0.2, -0.15) is 0 Å². The smallest absolute Gasteiger partial charge is 0.0783 e. The maximum absolute atomic E-state index is 12.1. The lowest BCUT2D eigenvalue weighted by Gasteiger charge is -2.22. The van der Waals surface area contributed by atoms with E-state index in [1.165, 1.54) is 0 Å². The maximum atomic E-state index is 12.1. The van der Waals surface area contributed by atoms with Gasteiger partial charge in [0.1, 0.15) is 0 Å². The first-order valence-corrected chi connectivity index (χ1v) is 7.48. The molecule has 0 bridgehead atoms. The molecule has 0 saturated heterocycles. The Balaban J connectivity index is 2.53. The summed E-state index contributed by atoms with van der Waals surface area (Å²) in [7, 11) is -1.14. The predicted molar refractivity (Wildman–Crippen MR) is 76.2 cm³/mol. The lowest BCUT2D eigenvalue weighted by atomic mass is 10.1.